The Morgan fingerprint density at radius 1 is 1.32 bits per heavy atom. The number of benzene rings is 1. The number of amides is 2. The van der Waals surface area contributed by atoms with Gasteiger partial charge < -0.3 is 10.6 Å². The quantitative estimate of drug-likeness (QED) is 0.790. The molecule has 0 atom stereocenters. The van der Waals surface area contributed by atoms with Crippen molar-refractivity contribution in [1.29, 1.82) is 0 Å². The van der Waals surface area contributed by atoms with E-state index < -0.39 is 0 Å². The summed E-state index contributed by atoms with van der Waals surface area (Å²) in [7, 11) is 0. The van der Waals surface area contributed by atoms with E-state index in [2.05, 4.69) is 26.6 Å². The van der Waals surface area contributed by atoms with E-state index in [1.54, 1.807) is 0 Å². The number of nitrogens with one attached hydrogen (secondary N) is 2. The van der Waals surface area contributed by atoms with Crippen LogP contribution in [-0.4, -0.2) is 18.4 Å². The van der Waals surface area contributed by atoms with Crippen LogP contribution >= 0.6 is 15.9 Å². The van der Waals surface area contributed by atoms with Gasteiger partial charge in [-0.25, -0.2) is 0 Å². The summed E-state index contributed by atoms with van der Waals surface area (Å²) < 4.78 is 0.932. The highest BCUT2D eigenvalue weighted by Gasteiger charge is 2.28. The van der Waals surface area contributed by atoms with Crippen LogP contribution in [0.15, 0.2) is 28.7 Å². The van der Waals surface area contributed by atoms with E-state index in [1.165, 1.54) is 0 Å². The van der Waals surface area contributed by atoms with Gasteiger partial charge in [-0.1, -0.05) is 22.0 Å². The summed E-state index contributed by atoms with van der Waals surface area (Å²) in [6.07, 6.45) is 3.10. The molecular formula is C14H17BrN2O2. The van der Waals surface area contributed by atoms with Crippen molar-refractivity contribution in [2.75, 3.05) is 11.9 Å². The lowest BCUT2D eigenvalue weighted by Crippen LogP contribution is -2.26. The highest BCUT2D eigenvalue weighted by Crippen LogP contribution is 2.28. The lowest BCUT2D eigenvalue weighted by atomic mass is 10.2. The average molecular weight is 325 g/mol. The van der Waals surface area contributed by atoms with E-state index in [4.69, 9.17) is 0 Å². The zero-order valence-corrected chi connectivity index (χ0v) is 12.2. The molecule has 0 aliphatic heterocycles. The summed E-state index contributed by atoms with van der Waals surface area (Å²) in [4.78, 5) is 23.0. The number of hydrogen-bond acceptors (Lipinski definition) is 2. The second-order valence-corrected chi connectivity index (χ2v) is 5.64. The molecule has 0 unspecified atom stereocenters. The molecule has 0 spiro atoms. The number of rotatable bonds is 6. The van der Waals surface area contributed by atoms with E-state index in [-0.39, 0.29) is 17.7 Å². The third-order valence-corrected chi connectivity index (χ3v) is 3.43. The molecule has 0 radical (unpaired) electrons. The Morgan fingerprint density at radius 3 is 2.79 bits per heavy atom. The molecule has 1 aliphatic rings. The van der Waals surface area contributed by atoms with Gasteiger partial charge >= 0.3 is 0 Å². The van der Waals surface area contributed by atoms with Gasteiger partial charge in [0.05, 0.1) is 0 Å². The molecule has 2 amide bonds. The van der Waals surface area contributed by atoms with Gasteiger partial charge in [0.25, 0.3) is 0 Å². The van der Waals surface area contributed by atoms with Crippen LogP contribution in [0.1, 0.15) is 25.7 Å². The predicted molar refractivity (Wildman–Crippen MR) is 77.7 cm³/mol. The van der Waals surface area contributed by atoms with Gasteiger partial charge in [-0.2, -0.15) is 0 Å². The molecule has 2 N–H and O–H groups in total. The van der Waals surface area contributed by atoms with Crippen molar-refractivity contribution in [3.05, 3.63) is 28.7 Å². The van der Waals surface area contributed by atoms with Crippen LogP contribution in [0.25, 0.3) is 0 Å². The van der Waals surface area contributed by atoms with Crippen molar-refractivity contribution >= 4 is 33.4 Å². The standard InChI is InChI=1S/C14H17BrN2O2/c15-11-3-1-4-12(9-11)17-13(18)5-2-8-16-14(19)10-6-7-10/h1,3-4,9-10H,2,5-8H2,(H,16,19)(H,17,18). The molecular weight excluding hydrogens is 308 g/mol. The third kappa shape index (κ3) is 5.03. The lowest BCUT2D eigenvalue weighted by molar-refractivity contribution is -0.122. The lowest BCUT2D eigenvalue weighted by Gasteiger charge is -2.06. The fourth-order valence-corrected chi connectivity index (χ4v) is 2.14. The predicted octanol–water partition coefficient (Wildman–Crippen LogP) is 2.69. The normalized spacial score (nSPS) is 13.9. The van der Waals surface area contributed by atoms with Crippen molar-refractivity contribution in [2.45, 2.75) is 25.7 Å². The summed E-state index contributed by atoms with van der Waals surface area (Å²) in [5.74, 6) is 0.335. The second-order valence-electron chi connectivity index (χ2n) is 4.73. The minimum absolute atomic E-state index is 0.0289. The number of hydrogen-bond donors (Lipinski definition) is 2. The van der Waals surface area contributed by atoms with Crippen molar-refractivity contribution < 1.29 is 9.59 Å². The molecule has 5 heteroatoms. The van der Waals surface area contributed by atoms with Crippen molar-refractivity contribution in [3.63, 3.8) is 0 Å². The monoisotopic (exact) mass is 324 g/mol. The maximum Gasteiger partial charge on any atom is 0.224 e. The maximum atomic E-state index is 11.7. The Labute approximate surface area is 121 Å². The van der Waals surface area contributed by atoms with Crippen LogP contribution in [0, 0.1) is 5.92 Å². The van der Waals surface area contributed by atoms with Crippen LogP contribution in [0.2, 0.25) is 0 Å². The first-order chi connectivity index (χ1) is 9.15. The van der Waals surface area contributed by atoms with E-state index in [0.717, 1.165) is 23.0 Å². The molecule has 1 aliphatic carbocycles. The van der Waals surface area contributed by atoms with Gasteiger partial charge in [-0.3, -0.25) is 9.59 Å². The molecule has 0 aromatic heterocycles. The second kappa shape index (κ2) is 6.70. The molecule has 0 bridgehead atoms. The van der Waals surface area contributed by atoms with Crippen LogP contribution in [0.4, 0.5) is 5.69 Å². The first-order valence-electron chi connectivity index (χ1n) is 6.48. The fraction of sp³-hybridized carbons (Fsp3) is 0.429. The molecule has 19 heavy (non-hydrogen) atoms. The SMILES string of the molecule is O=C(CCCNC(=O)C1CC1)Nc1cccc(Br)c1. The minimum atomic E-state index is -0.0289. The Morgan fingerprint density at radius 2 is 2.11 bits per heavy atom. The summed E-state index contributed by atoms with van der Waals surface area (Å²) in [5.41, 5.74) is 0.779. The Hall–Kier alpha value is -1.36. The van der Waals surface area contributed by atoms with Gasteiger partial charge in [-0.05, 0) is 37.5 Å². The number of carbonyl (C=O) groups excluding carboxylic acids is 2. The highest BCUT2D eigenvalue weighted by atomic mass is 79.9. The largest absolute Gasteiger partial charge is 0.356 e. The molecule has 0 saturated heterocycles. The molecule has 2 rings (SSSR count). The van der Waals surface area contributed by atoms with Crippen LogP contribution in [0.5, 0.6) is 0 Å². The van der Waals surface area contributed by atoms with E-state index in [1.807, 2.05) is 24.3 Å². The smallest absolute Gasteiger partial charge is 0.224 e. The van der Waals surface area contributed by atoms with Gasteiger partial charge in [0.2, 0.25) is 11.8 Å². The number of halogens is 1. The topological polar surface area (TPSA) is 58.2 Å². The maximum absolute atomic E-state index is 11.7. The Balaban J connectivity index is 1.62. The third-order valence-electron chi connectivity index (χ3n) is 2.94. The highest BCUT2D eigenvalue weighted by molar-refractivity contribution is 9.10. The molecule has 1 aromatic carbocycles. The van der Waals surface area contributed by atoms with E-state index in [9.17, 15) is 9.59 Å². The van der Waals surface area contributed by atoms with E-state index in [0.29, 0.717) is 19.4 Å². The minimum Gasteiger partial charge on any atom is -0.356 e. The van der Waals surface area contributed by atoms with Crippen LogP contribution in [0.3, 0.4) is 0 Å². The van der Waals surface area contributed by atoms with Crippen molar-refractivity contribution in [2.24, 2.45) is 5.92 Å². The average Bonchev–Trinajstić information content (AvgIpc) is 3.18. The van der Waals surface area contributed by atoms with Gasteiger partial charge in [0.15, 0.2) is 0 Å². The zero-order chi connectivity index (χ0) is 13.7. The van der Waals surface area contributed by atoms with Gasteiger partial charge in [-0.15, -0.1) is 0 Å². The Bertz CT molecular complexity index is 472. The molecule has 4 nitrogen and oxygen atoms in total. The molecule has 0 heterocycles. The first kappa shape index (κ1) is 14.1. The van der Waals surface area contributed by atoms with Crippen LogP contribution in [-0.2, 0) is 9.59 Å². The zero-order valence-electron chi connectivity index (χ0n) is 10.6. The van der Waals surface area contributed by atoms with Crippen LogP contribution < -0.4 is 10.6 Å². The molecule has 102 valence electrons. The molecule has 1 aromatic rings. The first-order valence-corrected chi connectivity index (χ1v) is 7.27. The summed E-state index contributed by atoms with van der Waals surface area (Å²) >= 11 is 3.35. The Kier molecular flexibility index (Phi) is 4.96. The summed E-state index contributed by atoms with van der Waals surface area (Å²) in [6, 6.07) is 7.48. The van der Waals surface area contributed by atoms with Crippen molar-refractivity contribution in [3.8, 4) is 0 Å². The number of anilines is 1. The fourth-order valence-electron chi connectivity index (χ4n) is 1.74. The molecule has 1 fully saturated rings. The van der Waals surface area contributed by atoms with E-state index >= 15 is 0 Å². The van der Waals surface area contributed by atoms with Crippen molar-refractivity contribution in [1.82, 2.24) is 5.32 Å². The van der Waals surface area contributed by atoms with Gasteiger partial charge in [0.1, 0.15) is 0 Å². The molecule has 1 saturated carbocycles. The van der Waals surface area contributed by atoms with Gasteiger partial charge in [0, 0.05) is 29.0 Å². The number of carbonyl (C=O) groups is 2. The summed E-state index contributed by atoms with van der Waals surface area (Å²) in [5, 5.41) is 5.67. The summed E-state index contributed by atoms with van der Waals surface area (Å²) in [6.45, 7) is 0.571.